The van der Waals surface area contributed by atoms with Crippen LogP contribution in [-0.2, 0) is 7.05 Å². The van der Waals surface area contributed by atoms with Crippen LogP contribution in [-0.4, -0.2) is 18.1 Å². The van der Waals surface area contributed by atoms with Crippen molar-refractivity contribution in [3.05, 3.63) is 72.6 Å². The fraction of sp³-hybridized carbons (Fsp3) is 0.227. The molecule has 0 spiro atoms. The van der Waals surface area contributed by atoms with Crippen molar-refractivity contribution in [2.75, 3.05) is 11.9 Å². The van der Waals surface area contributed by atoms with Crippen LogP contribution in [0.4, 0.5) is 5.82 Å². The van der Waals surface area contributed by atoms with E-state index in [1.165, 1.54) is 33.4 Å². The minimum atomic E-state index is 0.319. The Labute approximate surface area is 149 Å². The molecule has 0 amide bonds. The van der Waals surface area contributed by atoms with Crippen molar-refractivity contribution in [2.24, 2.45) is 7.05 Å². The average Bonchev–Trinajstić information content (AvgIpc) is 2.95. The molecule has 0 unspecified atom stereocenters. The fourth-order valence-corrected chi connectivity index (χ4v) is 3.70. The predicted octanol–water partition coefficient (Wildman–Crippen LogP) is 4.21. The van der Waals surface area contributed by atoms with E-state index in [0.29, 0.717) is 6.17 Å². The quantitative estimate of drug-likeness (QED) is 0.652. The number of rotatable bonds is 2. The molecular formula is C22H24N3+. The summed E-state index contributed by atoms with van der Waals surface area (Å²) in [4.78, 5) is 4.52. The number of benzene rings is 2. The highest BCUT2D eigenvalue weighted by Crippen LogP contribution is 2.29. The number of anilines is 1. The largest absolute Gasteiger partial charge is 0.339 e. The number of hydrogen-bond donors (Lipinski definition) is 0. The van der Waals surface area contributed by atoms with Gasteiger partial charge >= 0.3 is 0 Å². The van der Waals surface area contributed by atoms with Crippen LogP contribution in [0.3, 0.4) is 0 Å². The average molecular weight is 330 g/mol. The van der Waals surface area contributed by atoms with E-state index in [-0.39, 0.29) is 0 Å². The molecule has 0 fully saturated rings. The van der Waals surface area contributed by atoms with Gasteiger partial charge in [-0.1, -0.05) is 30.3 Å². The Bertz CT molecular complexity index is 974. The van der Waals surface area contributed by atoms with Crippen molar-refractivity contribution in [1.82, 2.24) is 4.90 Å². The lowest BCUT2D eigenvalue weighted by molar-refractivity contribution is -0.647. The molecule has 1 atom stereocenters. The highest BCUT2D eigenvalue weighted by Gasteiger charge is 2.30. The maximum absolute atomic E-state index is 2.31. The molecule has 0 saturated carbocycles. The van der Waals surface area contributed by atoms with Crippen LogP contribution in [0.2, 0.25) is 0 Å². The zero-order valence-electron chi connectivity index (χ0n) is 15.3. The van der Waals surface area contributed by atoms with Crippen LogP contribution < -0.4 is 9.47 Å². The molecular weight excluding hydrogens is 306 g/mol. The van der Waals surface area contributed by atoms with E-state index in [2.05, 4.69) is 109 Å². The number of hydrogen-bond acceptors (Lipinski definition) is 2. The van der Waals surface area contributed by atoms with Crippen LogP contribution in [0.15, 0.2) is 67.0 Å². The summed E-state index contributed by atoms with van der Waals surface area (Å²) >= 11 is 0. The van der Waals surface area contributed by atoms with Crippen LogP contribution in [0.1, 0.15) is 12.5 Å². The third-order valence-corrected chi connectivity index (χ3v) is 5.40. The van der Waals surface area contributed by atoms with Gasteiger partial charge in [0.2, 0.25) is 0 Å². The Morgan fingerprint density at radius 1 is 0.920 bits per heavy atom. The first-order valence-corrected chi connectivity index (χ1v) is 8.74. The minimum absolute atomic E-state index is 0.319. The minimum Gasteiger partial charge on any atom is -0.339 e. The molecule has 3 aromatic rings. The zero-order chi connectivity index (χ0) is 17.6. The molecule has 4 rings (SSSR count). The second-order valence-corrected chi connectivity index (χ2v) is 6.79. The smallest absolute Gasteiger partial charge is 0.283 e. The van der Waals surface area contributed by atoms with Gasteiger partial charge in [0.1, 0.15) is 11.9 Å². The van der Waals surface area contributed by atoms with Crippen LogP contribution >= 0.6 is 0 Å². The van der Waals surface area contributed by atoms with Gasteiger partial charge < -0.3 is 4.90 Å². The molecule has 2 heterocycles. The van der Waals surface area contributed by atoms with E-state index in [9.17, 15) is 0 Å². The van der Waals surface area contributed by atoms with Crippen LogP contribution in [0.5, 0.6) is 0 Å². The van der Waals surface area contributed by atoms with Crippen molar-refractivity contribution in [1.29, 1.82) is 0 Å². The fourth-order valence-electron chi connectivity index (χ4n) is 3.70. The van der Waals surface area contributed by atoms with E-state index in [0.717, 1.165) is 0 Å². The molecule has 0 radical (unpaired) electrons. The van der Waals surface area contributed by atoms with Crippen molar-refractivity contribution < 1.29 is 4.57 Å². The standard InChI is InChI=1S/C22H24N3/c1-16-19-9-6-5-8-18(19)12-13-20(16)21-10-7-11-22(24(21)4)25-15-14-23(3)17(25)2/h5-15,17H,1-4H3/q+1/t17-/m0/s1. The molecule has 3 nitrogen and oxygen atoms in total. The maximum Gasteiger partial charge on any atom is 0.283 e. The van der Waals surface area contributed by atoms with Gasteiger partial charge in [0.05, 0.1) is 7.05 Å². The van der Waals surface area contributed by atoms with Gasteiger partial charge in [0.15, 0.2) is 6.17 Å². The zero-order valence-corrected chi connectivity index (χ0v) is 15.3. The summed E-state index contributed by atoms with van der Waals surface area (Å²) in [6.07, 6.45) is 4.59. The lowest BCUT2D eigenvalue weighted by atomic mass is 9.97. The van der Waals surface area contributed by atoms with Gasteiger partial charge in [-0.05, 0) is 48.4 Å². The normalized spacial score (nSPS) is 16.9. The second kappa shape index (κ2) is 5.92. The number of fused-ring (bicyclic) bond motifs is 1. The third-order valence-electron chi connectivity index (χ3n) is 5.40. The Balaban J connectivity index is 1.86. The summed E-state index contributed by atoms with van der Waals surface area (Å²) in [6, 6.07) is 19.6. The second-order valence-electron chi connectivity index (χ2n) is 6.79. The van der Waals surface area contributed by atoms with Gasteiger partial charge in [0.25, 0.3) is 5.82 Å². The van der Waals surface area contributed by atoms with Crippen LogP contribution in [0.25, 0.3) is 22.0 Å². The highest BCUT2D eigenvalue weighted by molar-refractivity contribution is 5.90. The van der Waals surface area contributed by atoms with Gasteiger partial charge in [-0.25, -0.2) is 9.47 Å². The van der Waals surface area contributed by atoms with E-state index in [1.807, 2.05) is 0 Å². The monoisotopic (exact) mass is 330 g/mol. The summed E-state index contributed by atoms with van der Waals surface area (Å²) in [6.45, 7) is 4.43. The molecule has 0 aliphatic carbocycles. The summed E-state index contributed by atoms with van der Waals surface area (Å²) in [5.41, 5.74) is 3.84. The molecule has 1 aliphatic rings. The van der Waals surface area contributed by atoms with Crippen molar-refractivity contribution in [2.45, 2.75) is 20.0 Å². The van der Waals surface area contributed by atoms with E-state index in [4.69, 9.17) is 0 Å². The molecule has 25 heavy (non-hydrogen) atoms. The Morgan fingerprint density at radius 3 is 2.48 bits per heavy atom. The van der Waals surface area contributed by atoms with Crippen LogP contribution in [0, 0.1) is 6.92 Å². The number of aryl methyl sites for hydroxylation is 1. The maximum atomic E-state index is 2.31. The Morgan fingerprint density at radius 2 is 1.72 bits per heavy atom. The van der Waals surface area contributed by atoms with Crippen molar-refractivity contribution in [3.8, 4) is 11.3 Å². The van der Waals surface area contributed by atoms with Gasteiger partial charge in [-0.2, -0.15) is 0 Å². The summed E-state index contributed by atoms with van der Waals surface area (Å²) in [5, 5.41) is 2.61. The molecule has 0 bridgehead atoms. The third kappa shape index (κ3) is 2.47. The van der Waals surface area contributed by atoms with Gasteiger partial charge in [0, 0.05) is 24.9 Å². The van der Waals surface area contributed by atoms with E-state index >= 15 is 0 Å². The summed E-state index contributed by atoms with van der Waals surface area (Å²) in [5.74, 6) is 1.19. The number of pyridine rings is 1. The Hall–Kier alpha value is -2.81. The molecule has 0 N–H and O–H groups in total. The molecule has 1 aromatic heterocycles. The summed E-state index contributed by atoms with van der Waals surface area (Å²) in [7, 11) is 4.26. The first-order chi connectivity index (χ1) is 12.1. The SMILES string of the molecule is Cc1c(-c2cccc(N3C=CN(C)[C@@H]3C)[n+]2C)ccc2ccccc12. The Kier molecular flexibility index (Phi) is 3.72. The van der Waals surface area contributed by atoms with Gasteiger partial charge in [-0.3, -0.25) is 0 Å². The molecule has 126 valence electrons. The lowest BCUT2D eigenvalue weighted by Crippen LogP contribution is -2.43. The number of nitrogens with zero attached hydrogens (tertiary/aromatic N) is 3. The molecule has 1 aliphatic heterocycles. The molecule has 2 aromatic carbocycles. The first kappa shape index (κ1) is 15.7. The molecule has 0 saturated heterocycles. The summed E-state index contributed by atoms with van der Waals surface area (Å²) < 4.78 is 2.29. The molecule has 3 heteroatoms. The van der Waals surface area contributed by atoms with E-state index < -0.39 is 0 Å². The topological polar surface area (TPSA) is 10.4 Å². The first-order valence-electron chi connectivity index (χ1n) is 8.74. The van der Waals surface area contributed by atoms with Gasteiger partial charge in [-0.15, -0.1) is 0 Å². The number of aromatic nitrogens is 1. The van der Waals surface area contributed by atoms with Crippen molar-refractivity contribution in [3.63, 3.8) is 0 Å². The van der Waals surface area contributed by atoms with E-state index in [1.54, 1.807) is 0 Å². The van der Waals surface area contributed by atoms with Crippen molar-refractivity contribution >= 4 is 16.6 Å². The highest BCUT2D eigenvalue weighted by atomic mass is 15.4. The predicted molar refractivity (Wildman–Crippen MR) is 104 cm³/mol. The lowest BCUT2D eigenvalue weighted by Gasteiger charge is -2.22.